The zero-order valence-electron chi connectivity index (χ0n) is 11.6. The molecule has 1 aromatic carbocycles. The van der Waals surface area contributed by atoms with Crippen molar-refractivity contribution in [2.45, 2.75) is 6.92 Å². The van der Waals surface area contributed by atoms with Crippen LogP contribution in [0.25, 0.3) is 0 Å². The summed E-state index contributed by atoms with van der Waals surface area (Å²) in [5.74, 6) is 0.0884. The molecule has 0 bridgehead atoms. The zero-order valence-corrected chi connectivity index (χ0v) is 11.6. The maximum atomic E-state index is 12.3. The van der Waals surface area contributed by atoms with E-state index in [0.717, 1.165) is 12.2 Å². The Morgan fingerprint density at radius 2 is 1.74 bits per heavy atom. The number of rotatable bonds is 8. The molecule has 19 heavy (non-hydrogen) atoms. The van der Waals surface area contributed by atoms with Crippen molar-refractivity contribution < 1.29 is 4.79 Å². The molecular formula is C16H22N2O. The van der Waals surface area contributed by atoms with Crippen molar-refractivity contribution in [3.63, 3.8) is 0 Å². The zero-order chi connectivity index (χ0) is 14.1. The molecule has 0 atom stereocenters. The highest BCUT2D eigenvalue weighted by Gasteiger charge is 2.14. The van der Waals surface area contributed by atoms with Gasteiger partial charge in [0.25, 0.3) is 0 Å². The van der Waals surface area contributed by atoms with Crippen LogP contribution in [0.1, 0.15) is 6.92 Å². The Hall–Kier alpha value is -2.03. The molecule has 0 unspecified atom stereocenters. The van der Waals surface area contributed by atoms with Crippen LogP contribution in [0, 0.1) is 0 Å². The first-order valence-electron chi connectivity index (χ1n) is 6.52. The normalized spacial score (nSPS) is 9.74. The van der Waals surface area contributed by atoms with Crippen LogP contribution in [0.4, 0.5) is 5.69 Å². The number of hydrogen-bond acceptors (Lipinski definition) is 2. The van der Waals surface area contributed by atoms with Crippen LogP contribution >= 0.6 is 0 Å². The smallest absolute Gasteiger partial charge is 0.242 e. The molecule has 0 N–H and O–H groups in total. The second-order valence-electron chi connectivity index (χ2n) is 4.23. The predicted molar refractivity (Wildman–Crippen MR) is 81.3 cm³/mol. The van der Waals surface area contributed by atoms with Crippen LogP contribution in [0.2, 0.25) is 0 Å². The van der Waals surface area contributed by atoms with Crippen molar-refractivity contribution in [3.8, 4) is 0 Å². The quantitative estimate of drug-likeness (QED) is 0.669. The minimum atomic E-state index is 0.0884. The van der Waals surface area contributed by atoms with E-state index in [1.807, 2.05) is 37.3 Å². The SMILES string of the molecule is C=CCN(CC=C)C(=O)CN(CC)c1ccccc1. The molecule has 0 fully saturated rings. The van der Waals surface area contributed by atoms with Gasteiger partial charge < -0.3 is 9.80 Å². The highest BCUT2D eigenvalue weighted by molar-refractivity contribution is 5.81. The summed E-state index contributed by atoms with van der Waals surface area (Å²) in [6, 6.07) is 9.96. The minimum absolute atomic E-state index is 0.0884. The molecule has 0 radical (unpaired) electrons. The molecule has 0 aliphatic rings. The molecule has 3 heteroatoms. The summed E-state index contributed by atoms with van der Waals surface area (Å²) in [5, 5.41) is 0. The number of para-hydroxylation sites is 1. The van der Waals surface area contributed by atoms with Gasteiger partial charge in [-0.2, -0.15) is 0 Å². The van der Waals surface area contributed by atoms with E-state index in [4.69, 9.17) is 0 Å². The van der Waals surface area contributed by atoms with Crippen LogP contribution in [0.5, 0.6) is 0 Å². The van der Waals surface area contributed by atoms with E-state index in [0.29, 0.717) is 19.6 Å². The van der Waals surface area contributed by atoms with Crippen LogP contribution in [-0.4, -0.2) is 37.0 Å². The lowest BCUT2D eigenvalue weighted by Gasteiger charge is -2.26. The van der Waals surface area contributed by atoms with Gasteiger partial charge in [0.15, 0.2) is 0 Å². The summed E-state index contributed by atoms with van der Waals surface area (Å²) in [4.78, 5) is 16.1. The average molecular weight is 258 g/mol. The fourth-order valence-corrected chi connectivity index (χ4v) is 1.88. The third kappa shape index (κ3) is 4.62. The second kappa shape index (κ2) is 8.14. The topological polar surface area (TPSA) is 23.6 Å². The van der Waals surface area contributed by atoms with E-state index in [2.05, 4.69) is 18.1 Å². The fourth-order valence-electron chi connectivity index (χ4n) is 1.88. The Balaban J connectivity index is 2.71. The molecule has 0 heterocycles. The molecule has 0 aliphatic heterocycles. The van der Waals surface area contributed by atoms with Gasteiger partial charge in [0.2, 0.25) is 5.91 Å². The predicted octanol–water partition coefficient (Wildman–Crippen LogP) is 2.71. The molecule has 1 aromatic rings. The first-order chi connectivity index (χ1) is 9.22. The van der Waals surface area contributed by atoms with Crippen molar-refractivity contribution >= 4 is 11.6 Å². The molecule has 0 saturated carbocycles. The van der Waals surface area contributed by atoms with E-state index in [9.17, 15) is 4.79 Å². The van der Waals surface area contributed by atoms with Gasteiger partial charge in [-0.25, -0.2) is 0 Å². The van der Waals surface area contributed by atoms with Gasteiger partial charge in [-0.05, 0) is 19.1 Å². The van der Waals surface area contributed by atoms with E-state index < -0.39 is 0 Å². The first-order valence-corrected chi connectivity index (χ1v) is 6.52. The Bertz CT molecular complexity index is 404. The summed E-state index contributed by atoms with van der Waals surface area (Å²) in [5.41, 5.74) is 1.07. The maximum absolute atomic E-state index is 12.3. The van der Waals surface area contributed by atoms with Crippen molar-refractivity contribution in [2.75, 3.05) is 31.1 Å². The van der Waals surface area contributed by atoms with Crippen molar-refractivity contribution in [2.24, 2.45) is 0 Å². The molecule has 0 saturated heterocycles. The molecule has 102 valence electrons. The third-order valence-electron chi connectivity index (χ3n) is 2.88. The number of benzene rings is 1. The van der Waals surface area contributed by atoms with Crippen molar-refractivity contribution in [1.29, 1.82) is 0 Å². The Kier molecular flexibility index (Phi) is 6.44. The van der Waals surface area contributed by atoms with Crippen LogP contribution in [0.15, 0.2) is 55.6 Å². The highest BCUT2D eigenvalue weighted by Crippen LogP contribution is 2.12. The summed E-state index contributed by atoms with van der Waals surface area (Å²) in [7, 11) is 0. The molecule has 0 spiro atoms. The Labute approximate surface area is 115 Å². The van der Waals surface area contributed by atoms with Gasteiger partial charge in [0.05, 0.1) is 6.54 Å². The van der Waals surface area contributed by atoms with Crippen LogP contribution < -0.4 is 4.90 Å². The number of nitrogens with zero attached hydrogens (tertiary/aromatic N) is 2. The first kappa shape index (κ1) is 15.0. The number of carbonyl (C=O) groups is 1. The van der Waals surface area contributed by atoms with Gasteiger partial charge in [-0.15, -0.1) is 13.2 Å². The van der Waals surface area contributed by atoms with Crippen LogP contribution in [-0.2, 0) is 4.79 Å². The van der Waals surface area contributed by atoms with Crippen LogP contribution in [0.3, 0.4) is 0 Å². The molecule has 1 rings (SSSR count). The Morgan fingerprint density at radius 3 is 2.21 bits per heavy atom. The van der Waals surface area contributed by atoms with Gasteiger partial charge in [0, 0.05) is 25.3 Å². The van der Waals surface area contributed by atoms with Crippen molar-refractivity contribution in [3.05, 3.63) is 55.6 Å². The summed E-state index contributed by atoms with van der Waals surface area (Å²) >= 11 is 0. The van der Waals surface area contributed by atoms with Crippen molar-refractivity contribution in [1.82, 2.24) is 4.90 Å². The highest BCUT2D eigenvalue weighted by atomic mass is 16.2. The number of hydrogen-bond donors (Lipinski definition) is 0. The molecule has 3 nitrogen and oxygen atoms in total. The number of anilines is 1. The Morgan fingerprint density at radius 1 is 1.16 bits per heavy atom. The molecule has 0 aromatic heterocycles. The summed E-state index contributed by atoms with van der Waals surface area (Å²) in [6.07, 6.45) is 3.47. The van der Waals surface area contributed by atoms with E-state index in [1.165, 1.54) is 0 Å². The fraction of sp³-hybridized carbons (Fsp3) is 0.312. The van der Waals surface area contributed by atoms with E-state index in [-0.39, 0.29) is 5.91 Å². The largest absolute Gasteiger partial charge is 0.362 e. The number of likely N-dealkylation sites (N-methyl/N-ethyl adjacent to an activating group) is 1. The minimum Gasteiger partial charge on any atom is -0.362 e. The third-order valence-corrected chi connectivity index (χ3v) is 2.88. The average Bonchev–Trinajstić information content (AvgIpc) is 2.45. The molecular weight excluding hydrogens is 236 g/mol. The standard InChI is InChI=1S/C16H22N2O/c1-4-12-18(13-5-2)16(19)14-17(6-3)15-10-8-7-9-11-15/h4-5,7-11H,1-2,6,12-14H2,3H3. The lowest BCUT2D eigenvalue weighted by atomic mass is 10.2. The van der Waals surface area contributed by atoms with Gasteiger partial charge >= 0.3 is 0 Å². The van der Waals surface area contributed by atoms with Gasteiger partial charge in [-0.3, -0.25) is 4.79 Å². The second-order valence-corrected chi connectivity index (χ2v) is 4.23. The maximum Gasteiger partial charge on any atom is 0.242 e. The van der Waals surface area contributed by atoms with Gasteiger partial charge in [-0.1, -0.05) is 30.4 Å². The monoisotopic (exact) mass is 258 g/mol. The molecule has 0 aliphatic carbocycles. The van der Waals surface area contributed by atoms with E-state index in [1.54, 1.807) is 17.1 Å². The number of amides is 1. The molecule has 1 amide bonds. The summed E-state index contributed by atoms with van der Waals surface area (Å²) in [6.45, 7) is 11.7. The lowest BCUT2D eigenvalue weighted by molar-refractivity contribution is -0.128. The van der Waals surface area contributed by atoms with Gasteiger partial charge in [0.1, 0.15) is 0 Å². The number of carbonyl (C=O) groups excluding carboxylic acids is 1. The lowest BCUT2D eigenvalue weighted by Crippen LogP contribution is -2.40. The summed E-state index contributed by atoms with van der Waals surface area (Å²) < 4.78 is 0. The van der Waals surface area contributed by atoms with E-state index >= 15 is 0 Å².